The van der Waals surface area contributed by atoms with E-state index in [9.17, 15) is 9.59 Å². The first-order chi connectivity index (χ1) is 9.37. The van der Waals surface area contributed by atoms with Crippen molar-refractivity contribution in [1.29, 1.82) is 0 Å². The van der Waals surface area contributed by atoms with E-state index in [1.54, 1.807) is 0 Å². The molecule has 1 aliphatic rings. The van der Waals surface area contributed by atoms with Gasteiger partial charge in [0.1, 0.15) is 0 Å². The normalized spacial score (nSPS) is 20.1. The molecule has 108 valence electrons. The average Bonchev–Trinajstić information content (AvgIpc) is 2.34. The largest absolute Gasteiger partial charge is 0.422 e. The number of hydrogen-bond acceptors (Lipinski definition) is 5. The van der Waals surface area contributed by atoms with E-state index in [4.69, 9.17) is 15.2 Å². The predicted molar refractivity (Wildman–Crippen MR) is 72.5 cm³/mol. The van der Waals surface area contributed by atoms with Crippen LogP contribution in [0.15, 0.2) is 30.3 Å². The first-order valence-corrected chi connectivity index (χ1v) is 6.62. The minimum absolute atomic E-state index is 0.225. The predicted octanol–water partition coefficient (Wildman–Crippen LogP) is 1.40. The lowest BCUT2D eigenvalue weighted by Gasteiger charge is -2.33. The zero-order chi connectivity index (χ0) is 14.8. The Morgan fingerprint density at radius 3 is 2.25 bits per heavy atom. The van der Waals surface area contributed by atoms with Gasteiger partial charge < -0.3 is 15.2 Å². The van der Waals surface area contributed by atoms with Gasteiger partial charge in [0.05, 0.1) is 0 Å². The summed E-state index contributed by atoms with van der Waals surface area (Å²) < 4.78 is 10.1. The van der Waals surface area contributed by atoms with E-state index < -0.39 is 23.6 Å². The molecule has 20 heavy (non-hydrogen) atoms. The summed E-state index contributed by atoms with van der Waals surface area (Å²) in [6.45, 7) is 3.06. The summed E-state index contributed by atoms with van der Waals surface area (Å²) in [5.41, 5.74) is 7.08. The van der Waals surface area contributed by atoms with E-state index in [1.807, 2.05) is 30.3 Å². The maximum atomic E-state index is 11.8. The third-order valence-electron chi connectivity index (χ3n) is 3.14. The maximum absolute atomic E-state index is 11.8. The molecule has 5 nitrogen and oxygen atoms in total. The van der Waals surface area contributed by atoms with Gasteiger partial charge >= 0.3 is 11.9 Å². The number of nitrogens with two attached hydrogens (primary N) is 1. The number of carbonyl (C=O) groups excluding carboxylic acids is 2. The van der Waals surface area contributed by atoms with Crippen LogP contribution in [0, 0.1) is 5.92 Å². The standard InChI is InChI=1S/C15H19NO4/c1-15(2)19-13(17)12(14(18)20-15)9-11(16)8-10-6-4-3-5-7-10/h3-7,11-12H,8-9,16H2,1-2H3/t11-/m0/s1. The first kappa shape index (κ1) is 14.5. The molecule has 0 aromatic heterocycles. The van der Waals surface area contributed by atoms with Gasteiger partial charge in [0.15, 0.2) is 5.92 Å². The number of carbonyl (C=O) groups is 2. The number of rotatable bonds is 4. The molecule has 0 bridgehead atoms. The number of hydrogen-bond donors (Lipinski definition) is 1. The number of benzene rings is 1. The van der Waals surface area contributed by atoms with E-state index in [-0.39, 0.29) is 12.5 Å². The SMILES string of the molecule is CC1(C)OC(=O)C(C[C@@H](N)Cc2ccccc2)C(=O)O1. The molecule has 1 aliphatic heterocycles. The number of esters is 2. The fourth-order valence-corrected chi connectivity index (χ4v) is 2.24. The molecule has 1 heterocycles. The van der Waals surface area contributed by atoms with Crippen LogP contribution in [0.1, 0.15) is 25.8 Å². The molecular weight excluding hydrogens is 258 g/mol. The van der Waals surface area contributed by atoms with Crippen molar-refractivity contribution >= 4 is 11.9 Å². The number of ether oxygens (including phenoxy) is 2. The second-order valence-electron chi connectivity index (χ2n) is 5.48. The molecule has 0 aliphatic carbocycles. The molecule has 5 heteroatoms. The van der Waals surface area contributed by atoms with Crippen molar-refractivity contribution in [2.75, 3.05) is 0 Å². The zero-order valence-corrected chi connectivity index (χ0v) is 11.7. The van der Waals surface area contributed by atoms with Gasteiger partial charge in [-0.3, -0.25) is 9.59 Å². The Balaban J connectivity index is 1.96. The van der Waals surface area contributed by atoms with E-state index in [0.717, 1.165) is 5.56 Å². The molecule has 0 spiro atoms. The Morgan fingerprint density at radius 2 is 1.70 bits per heavy atom. The van der Waals surface area contributed by atoms with Gasteiger partial charge in [-0.15, -0.1) is 0 Å². The Bertz CT molecular complexity index is 478. The van der Waals surface area contributed by atoms with Crippen molar-refractivity contribution in [1.82, 2.24) is 0 Å². The van der Waals surface area contributed by atoms with Crippen LogP contribution in [0.3, 0.4) is 0 Å². The second-order valence-corrected chi connectivity index (χ2v) is 5.48. The molecule has 1 aromatic rings. The molecule has 2 N–H and O–H groups in total. The summed E-state index contributed by atoms with van der Waals surface area (Å²) in [6.07, 6.45) is 0.823. The molecule has 1 fully saturated rings. The van der Waals surface area contributed by atoms with Crippen molar-refractivity contribution in [2.45, 2.75) is 38.5 Å². The Hall–Kier alpha value is -1.88. The Kier molecular flexibility index (Phi) is 4.09. The van der Waals surface area contributed by atoms with E-state index in [2.05, 4.69) is 0 Å². The molecule has 1 saturated heterocycles. The fourth-order valence-electron chi connectivity index (χ4n) is 2.24. The van der Waals surface area contributed by atoms with Gasteiger partial charge in [0.25, 0.3) is 5.79 Å². The summed E-state index contributed by atoms with van der Waals surface area (Å²) in [5, 5.41) is 0. The van der Waals surface area contributed by atoms with Gasteiger partial charge in [-0.05, 0) is 18.4 Å². The van der Waals surface area contributed by atoms with Crippen molar-refractivity contribution in [3.63, 3.8) is 0 Å². The highest BCUT2D eigenvalue weighted by molar-refractivity contribution is 5.96. The van der Waals surface area contributed by atoms with Crippen molar-refractivity contribution in [3.05, 3.63) is 35.9 Å². The lowest BCUT2D eigenvalue weighted by molar-refractivity contribution is -0.240. The second kappa shape index (κ2) is 5.63. The minimum atomic E-state index is -1.19. The summed E-state index contributed by atoms with van der Waals surface area (Å²) in [4.78, 5) is 23.7. The lowest BCUT2D eigenvalue weighted by atomic mass is 9.95. The third kappa shape index (κ3) is 3.57. The van der Waals surface area contributed by atoms with E-state index in [1.165, 1.54) is 13.8 Å². The van der Waals surface area contributed by atoms with Crippen molar-refractivity contribution < 1.29 is 19.1 Å². The maximum Gasteiger partial charge on any atom is 0.323 e. The molecule has 1 atom stereocenters. The zero-order valence-electron chi connectivity index (χ0n) is 11.7. The highest BCUT2D eigenvalue weighted by Gasteiger charge is 2.43. The quantitative estimate of drug-likeness (QED) is 0.664. The topological polar surface area (TPSA) is 78.6 Å². The van der Waals surface area contributed by atoms with Gasteiger partial charge in [-0.1, -0.05) is 30.3 Å². The van der Waals surface area contributed by atoms with Gasteiger partial charge in [-0.25, -0.2) is 0 Å². The molecular formula is C15H19NO4. The van der Waals surface area contributed by atoms with Gasteiger partial charge in [-0.2, -0.15) is 0 Å². The minimum Gasteiger partial charge on any atom is -0.422 e. The molecule has 0 unspecified atom stereocenters. The molecule has 0 amide bonds. The molecule has 0 radical (unpaired) electrons. The van der Waals surface area contributed by atoms with Crippen LogP contribution in [0.5, 0.6) is 0 Å². The lowest BCUT2D eigenvalue weighted by Crippen LogP contribution is -2.48. The molecule has 2 rings (SSSR count). The smallest absolute Gasteiger partial charge is 0.323 e. The third-order valence-corrected chi connectivity index (χ3v) is 3.14. The van der Waals surface area contributed by atoms with Gasteiger partial charge in [0.2, 0.25) is 0 Å². The van der Waals surface area contributed by atoms with Crippen LogP contribution in [-0.4, -0.2) is 23.8 Å². The highest BCUT2D eigenvalue weighted by atomic mass is 16.7. The van der Waals surface area contributed by atoms with Crippen LogP contribution in [0.4, 0.5) is 0 Å². The van der Waals surface area contributed by atoms with Crippen LogP contribution < -0.4 is 5.73 Å². The fraction of sp³-hybridized carbons (Fsp3) is 0.467. The Morgan fingerprint density at radius 1 is 1.15 bits per heavy atom. The first-order valence-electron chi connectivity index (χ1n) is 6.62. The summed E-state index contributed by atoms with van der Waals surface area (Å²) in [6, 6.07) is 9.39. The van der Waals surface area contributed by atoms with Crippen LogP contribution >= 0.6 is 0 Å². The summed E-state index contributed by atoms with van der Waals surface area (Å²) in [7, 11) is 0. The van der Waals surface area contributed by atoms with Crippen LogP contribution in [-0.2, 0) is 25.5 Å². The van der Waals surface area contributed by atoms with E-state index in [0.29, 0.717) is 6.42 Å². The van der Waals surface area contributed by atoms with Crippen LogP contribution in [0.2, 0.25) is 0 Å². The van der Waals surface area contributed by atoms with Crippen molar-refractivity contribution in [3.8, 4) is 0 Å². The monoisotopic (exact) mass is 277 g/mol. The van der Waals surface area contributed by atoms with E-state index >= 15 is 0 Å². The highest BCUT2D eigenvalue weighted by Crippen LogP contribution is 2.26. The van der Waals surface area contributed by atoms with Gasteiger partial charge in [0, 0.05) is 19.9 Å². The average molecular weight is 277 g/mol. The van der Waals surface area contributed by atoms with Crippen molar-refractivity contribution in [2.24, 2.45) is 11.7 Å². The summed E-state index contributed by atoms with van der Waals surface area (Å²) in [5.74, 6) is -3.24. The Labute approximate surface area is 118 Å². The molecule has 0 saturated carbocycles. The number of cyclic esters (lactones) is 2. The summed E-state index contributed by atoms with van der Waals surface area (Å²) >= 11 is 0. The molecule has 1 aromatic carbocycles. The van der Waals surface area contributed by atoms with Crippen LogP contribution in [0.25, 0.3) is 0 Å².